The highest BCUT2D eigenvalue weighted by molar-refractivity contribution is 7.07. The Kier molecular flexibility index (Phi) is 4.92. The maximum Gasteiger partial charge on any atom is 0.205 e. The van der Waals surface area contributed by atoms with Crippen LogP contribution < -0.4 is 4.80 Å². The van der Waals surface area contributed by atoms with E-state index in [1.165, 1.54) is 5.56 Å². The van der Waals surface area contributed by atoms with E-state index in [2.05, 4.69) is 47.6 Å². The molecule has 0 unspecified atom stereocenters. The van der Waals surface area contributed by atoms with Gasteiger partial charge in [-0.05, 0) is 31.5 Å². The Morgan fingerprint density at radius 1 is 1.08 bits per heavy atom. The zero-order valence-electron chi connectivity index (χ0n) is 14.4. The van der Waals surface area contributed by atoms with Crippen molar-refractivity contribution in [3.8, 4) is 17.3 Å². The van der Waals surface area contributed by atoms with Crippen LogP contribution in [0.25, 0.3) is 11.3 Å². The number of aryl methyl sites for hydroxylation is 1. The van der Waals surface area contributed by atoms with Gasteiger partial charge < -0.3 is 0 Å². The number of thiazole rings is 1. The predicted octanol–water partition coefficient (Wildman–Crippen LogP) is 4.20. The summed E-state index contributed by atoms with van der Waals surface area (Å²) in [5.41, 5.74) is 5.83. The van der Waals surface area contributed by atoms with E-state index in [0.717, 1.165) is 27.3 Å². The minimum atomic E-state index is 0.643. The molecule has 0 spiro atoms. The fourth-order valence-corrected chi connectivity index (χ4v) is 3.26. The molecular formula is C20H18N4S. The van der Waals surface area contributed by atoms with Gasteiger partial charge in [-0.1, -0.05) is 42.0 Å². The van der Waals surface area contributed by atoms with Gasteiger partial charge in [-0.15, -0.1) is 11.3 Å². The van der Waals surface area contributed by atoms with Gasteiger partial charge in [0.2, 0.25) is 4.80 Å². The lowest BCUT2D eigenvalue weighted by atomic mass is 10.1. The number of nitriles is 1. The average molecular weight is 346 g/mol. The highest BCUT2D eigenvalue weighted by Gasteiger charge is 2.08. The average Bonchev–Trinajstić information content (AvgIpc) is 3.05. The van der Waals surface area contributed by atoms with E-state index in [9.17, 15) is 0 Å². The van der Waals surface area contributed by atoms with E-state index in [1.807, 2.05) is 23.7 Å². The molecule has 4 nitrogen and oxygen atoms in total. The quantitative estimate of drug-likeness (QED) is 0.656. The number of aromatic nitrogens is 1. The second kappa shape index (κ2) is 7.29. The third kappa shape index (κ3) is 3.59. The highest BCUT2D eigenvalue weighted by atomic mass is 32.1. The summed E-state index contributed by atoms with van der Waals surface area (Å²) in [6, 6.07) is 18.0. The Balaban J connectivity index is 2.08. The molecule has 5 heteroatoms. The largest absolute Gasteiger partial charge is 0.261 e. The summed E-state index contributed by atoms with van der Waals surface area (Å²) in [4.78, 5) is 5.18. The van der Waals surface area contributed by atoms with E-state index < -0.39 is 0 Å². The summed E-state index contributed by atoms with van der Waals surface area (Å²) >= 11 is 1.56. The third-order valence-corrected chi connectivity index (χ3v) is 4.81. The monoisotopic (exact) mass is 346 g/mol. The first-order chi connectivity index (χ1) is 12.1. The molecule has 1 aromatic heterocycles. The Morgan fingerprint density at radius 2 is 1.76 bits per heavy atom. The van der Waals surface area contributed by atoms with Crippen LogP contribution >= 0.6 is 11.3 Å². The minimum absolute atomic E-state index is 0.643. The lowest BCUT2D eigenvalue weighted by Crippen LogP contribution is -2.13. The summed E-state index contributed by atoms with van der Waals surface area (Å²) in [6.07, 6.45) is 0. The zero-order chi connectivity index (χ0) is 17.8. The van der Waals surface area contributed by atoms with Crippen LogP contribution in [0.3, 0.4) is 0 Å². The van der Waals surface area contributed by atoms with Crippen LogP contribution in [0.15, 0.2) is 64.0 Å². The molecule has 124 valence electrons. The van der Waals surface area contributed by atoms with Crippen LogP contribution in [0.2, 0.25) is 0 Å². The molecule has 0 amide bonds. The fraction of sp³-hybridized carbons (Fsp3) is 0.150. The van der Waals surface area contributed by atoms with Gasteiger partial charge in [0.05, 0.1) is 23.0 Å². The van der Waals surface area contributed by atoms with Crippen LogP contribution in [-0.4, -0.2) is 17.4 Å². The van der Waals surface area contributed by atoms with Gasteiger partial charge in [-0.2, -0.15) is 10.4 Å². The van der Waals surface area contributed by atoms with E-state index in [0.29, 0.717) is 5.56 Å². The first-order valence-corrected chi connectivity index (χ1v) is 8.77. The number of hydrogen-bond donors (Lipinski definition) is 0. The molecule has 3 rings (SSSR count). The normalized spacial score (nSPS) is 12.2. The fourth-order valence-electron chi connectivity index (χ4n) is 2.46. The smallest absolute Gasteiger partial charge is 0.205 e. The van der Waals surface area contributed by atoms with Crippen molar-refractivity contribution in [2.24, 2.45) is 10.1 Å². The summed E-state index contributed by atoms with van der Waals surface area (Å²) < 4.78 is 1.88. The number of nitrogens with zero attached hydrogens (tertiary/aromatic N) is 4. The molecule has 3 aromatic rings. The highest BCUT2D eigenvalue weighted by Crippen LogP contribution is 2.21. The van der Waals surface area contributed by atoms with Gasteiger partial charge in [-0.25, -0.2) is 4.68 Å². The molecule has 0 N–H and O–H groups in total. The third-order valence-electron chi connectivity index (χ3n) is 3.91. The lowest BCUT2D eigenvalue weighted by Gasteiger charge is -2.06. The predicted molar refractivity (Wildman–Crippen MR) is 103 cm³/mol. The molecule has 25 heavy (non-hydrogen) atoms. The molecule has 0 saturated heterocycles. The van der Waals surface area contributed by atoms with Crippen LogP contribution in [0.5, 0.6) is 0 Å². The summed E-state index contributed by atoms with van der Waals surface area (Å²) in [7, 11) is 1.77. The second-order valence-corrected chi connectivity index (χ2v) is 6.52. The molecule has 1 heterocycles. The van der Waals surface area contributed by atoms with Crippen molar-refractivity contribution in [1.82, 2.24) is 4.68 Å². The maximum absolute atomic E-state index is 8.93. The van der Waals surface area contributed by atoms with Crippen molar-refractivity contribution in [3.05, 3.63) is 75.4 Å². The minimum Gasteiger partial charge on any atom is -0.261 e. The van der Waals surface area contributed by atoms with Crippen molar-refractivity contribution in [2.75, 3.05) is 7.05 Å². The number of benzene rings is 2. The standard InChI is InChI=1S/C20H18N4S/c1-14-4-8-18(9-5-14)19-13-25-20(22-3)24(19)23-15(2)17-10-6-16(12-21)7-11-17/h4-11,13H,1-3H3. The Morgan fingerprint density at radius 3 is 2.36 bits per heavy atom. The van der Waals surface area contributed by atoms with Crippen LogP contribution in [0.1, 0.15) is 23.6 Å². The van der Waals surface area contributed by atoms with Crippen molar-refractivity contribution in [1.29, 1.82) is 5.26 Å². The zero-order valence-corrected chi connectivity index (χ0v) is 15.2. The van der Waals surface area contributed by atoms with Crippen molar-refractivity contribution >= 4 is 17.0 Å². The molecule has 0 aliphatic heterocycles. The second-order valence-electron chi connectivity index (χ2n) is 5.68. The molecule has 0 fully saturated rings. The van der Waals surface area contributed by atoms with Crippen molar-refractivity contribution in [3.63, 3.8) is 0 Å². The van der Waals surface area contributed by atoms with E-state index in [1.54, 1.807) is 30.5 Å². The lowest BCUT2D eigenvalue weighted by molar-refractivity contribution is 0.842. The van der Waals surface area contributed by atoms with E-state index >= 15 is 0 Å². The molecule has 0 aliphatic rings. The van der Waals surface area contributed by atoms with Crippen LogP contribution in [0, 0.1) is 18.3 Å². The van der Waals surface area contributed by atoms with E-state index in [4.69, 9.17) is 10.4 Å². The molecule has 0 bridgehead atoms. The molecule has 2 aromatic carbocycles. The molecule has 0 saturated carbocycles. The first-order valence-electron chi connectivity index (χ1n) is 7.89. The molecule has 0 aliphatic carbocycles. The maximum atomic E-state index is 8.93. The van der Waals surface area contributed by atoms with Gasteiger partial charge in [0.25, 0.3) is 0 Å². The molecule has 0 atom stereocenters. The first kappa shape index (κ1) is 16.9. The molecular weight excluding hydrogens is 328 g/mol. The SMILES string of the molecule is CN=c1scc(-c2ccc(C)cc2)n1N=C(C)c1ccc(C#N)cc1. The Labute approximate surface area is 151 Å². The van der Waals surface area contributed by atoms with Crippen molar-refractivity contribution in [2.45, 2.75) is 13.8 Å². The van der Waals surface area contributed by atoms with Gasteiger partial charge in [0.1, 0.15) is 0 Å². The molecule has 0 radical (unpaired) electrons. The van der Waals surface area contributed by atoms with Crippen molar-refractivity contribution < 1.29 is 0 Å². The summed E-state index contributed by atoms with van der Waals surface area (Å²) in [5.74, 6) is 0. The van der Waals surface area contributed by atoms with Gasteiger partial charge in [0.15, 0.2) is 0 Å². The number of rotatable bonds is 3. The van der Waals surface area contributed by atoms with Crippen LogP contribution in [0.4, 0.5) is 0 Å². The number of hydrogen-bond acceptors (Lipinski definition) is 4. The summed E-state index contributed by atoms with van der Waals surface area (Å²) in [6.45, 7) is 4.04. The van der Waals surface area contributed by atoms with Gasteiger partial charge in [-0.3, -0.25) is 4.99 Å². The Hall–Kier alpha value is -2.97. The van der Waals surface area contributed by atoms with Gasteiger partial charge >= 0.3 is 0 Å². The van der Waals surface area contributed by atoms with Crippen LogP contribution in [-0.2, 0) is 0 Å². The van der Waals surface area contributed by atoms with E-state index in [-0.39, 0.29) is 0 Å². The summed E-state index contributed by atoms with van der Waals surface area (Å²) in [5, 5.41) is 15.8. The Bertz CT molecular complexity index is 1010. The topological polar surface area (TPSA) is 53.4 Å². The van der Waals surface area contributed by atoms with Gasteiger partial charge in [0, 0.05) is 18.0 Å².